The Morgan fingerprint density at radius 3 is 1.38 bits per heavy atom. The monoisotopic (exact) mass is 637 g/mol. The van der Waals surface area contributed by atoms with Gasteiger partial charge in [-0.15, -0.1) is 0 Å². The minimum absolute atomic E-state index is 0. The first kappa shape index (κ1) is 42.0. The van der Waals surface area contributed by atoms with Crippen LogP contribution < -0.4 is 0 Å². The summed E-state index contributed by atoms with van der Waals surface area (Å²) >= 11 is 0. The van der Waals surface area contributed by atoms with Crippen molar-refractivity contribution in [3.05, 3.63) is 36.5 Å². The zero-order valence-corrected chi connectivity index (χ0v) is 27.7. The van der Waals surface area contributed by atoms with Gasteiger partial charge >= 0.3 is 0 Å². The van der Waals surface area contributed by atoms with E-state index in [4.69, 9.17) is 11.8 Å². The summed E-state index contributed by atoms with van der Waals surface area (Å²) in [5.41, 5.74) is 1.95. The van der Waals surface area contributed by atoms with Gasteiger partial charge in [0, 0.05) is 131 Å². The van der Waals surface area contributed by atoms with Crippen LogP contribution in [0.2, 0.25) is 0 Å². The maximum absolute atomic E-state index is 9.57. The van der Waals surface area contributed by atoms with Crippen molar-refractivity contribution >= 4 is 0 Å². The number of hydrogen-bond donors (Lipinski definition) is 2. The summed E-state index contributed by atoms with van der Waals surface area (Å²) < 4.78 is 0. The molecular formula is C16H29N2O2Y4-5. The number of rotatable bonds is 6. The molecule has 0 aliphatic rings. The Labute approximate surface area is 250 Å². The van der Waals surface area contributed by atoms with Crippen LogP contribution in [0.1, 0.15) is 61.8 Å². The molecule has 132 valence electrons. The summed E-state index contributed by atoms with van der Waals surface area (Å²) in [5, 5.41) is 20.9. The van der Waals surface area contributed by atoms with Crippen molar-refractivity contribution < 1.29 is 141 Å². The van der Waals surface area contributed by atoms with Gasteiger partial charge in [-0.3, -0.25) is 12.1 Å². The van der Waals surface area contributed by atoms with Crippen LogP contribution in [0.5, 0.6) is 0 Å². The van der Waals surface area contributed by atoms with E-state index < -0.39 is 0 Å². The van der Waals surface area contributed by atoms with Gasteiger partial charge in [0.25, 0.3) is 0 Å². The van der Waals surface area contributed by atoms with Gasteiger partial charge in [-0.25, -0.2) is 6.04 Å². The molecule has 8 heteroatoms. The largest absolute Gasteiger partial charge is 0.564 e. The summed E-state index contributed by atoms with van der Waals surface area (Å²) in [4.78, 5) is 0. The Hall–Kier alpha value is 3.78. The van der Waals surface area contributed by atoms with E-state index in [0.29, 0.717) is 6.42 Å². The molecule has 0 aromatic rings. The van der Waals surface area contributed by atoms with Crippen LogP contribution in [0.15, 0.2) is 5.73 Å². The number of nitrogens with zero attached hydrogens (tertiary/aromatic N) is 2. The molecule has 0 atom stereocenters. The molecule has 0 aliphatic heterocycles. The van der Waals surface area contributed by atoms with Gasteiger partial charge in [0.2, 0.25) is 0 Å². The van der Waals surface area contributed by atoms with Crippen molar-refractivity contribution in [1.29, 1.82) is 0 Å². The second-order valence-electron chi connectivity index (χ2n) is 5.78. The van der Waals surface area contributed by atoms with E-state index >= 15 is 0 Å². The Kier molecular flexibility index (Phi) is 40.3. The molecule has 0 saturated carbocycles. The zero-order chi connectivity index (χ0) is 16.5. The molecule has 0 aromatic heterocycles. The molecule has 0 aromatic carbocycles. The summed E-state index contributed by atoms with van der Waals surface area (Å²) in [6.45, 7) is 20.0. The maximum Gasteiger partial charge on any atom is 0 e. The molecule has 0 saturated heterocycles. The fourth-order valence-electron chi connectivity index (χ4n) is 1.39. The Morgan fingerprint density at radius 1 is 0.875 bits per heavy atom. The molecule has 0 heterocycles. The molecule has 0 rings (SSSR count). The van der Waals surface area contributed by atoms with Crippen molar-refractivity contribution in [1.82, 2.24) is 10.1 Å². The Morgan fingerprint density at radius 2 is 1.21 bits per heavy atom. The third-order valence-electron chi connectivity index (χ3n) is 2.47. The van der Waals surface area contributed by atoms with Crippen molar-refractivity contribution in [2.45, 2.75) is 67.3 Å². The van der Waals surface area contributed by atoms with Crippen molar-refractivity contribution in [2.75, 3.05) is 0 Å². The van der Waals surface area contributed by atoms with Gasteiger partial charge < -0.3 is 38.9 Å². The molecule has 0 fully saturated rings. The second kappa shape index (κ2) is 23.1. The summed E-state index contributed by atoms with van der Waals surface area (Å²) in [6, 6.07) is 2.63. The molecule has 0 bridgehead atoms. The standard InChI is InChI=1S/C10H16NO.C6H13NO.4Y/c1-6-7-8-10(4,5)11(12)9(2)3;1-5(2)7(8)6(3)4;;;;/h1,12H,8H2,2-5H3;8H,1-4H3;;;;/q-3;-2;;;;. The first-order valence-electron chi connectivity index (χ1n) is 6.54. The normalized spacial score (nSPS) is 9.96. The topological polar surface area (TPSA) is 46.9 Å². The molecule has 0 spiro atoms. The molecule has 0 amide bonds. The predicted octanol–water partition coefficient (Wildman–Crippen LogP) is 4.18. The van der Waals surface area contributed by atoms with Gasteiger partial charge in [-0.05, 0) is 19.4 Å². The fraction of sp³-hybridized carbons (Fsp3) is 0.625. The van der Waals surface area contributed by atoms with Crippen molar-refractivity contribution in [2.24, 2.45) is 0 Å². The van der Waals surface area contributed by atoms with Gasteiger partial charge in [-0.1, -0.05) is 0 Å². The van der Waals surface area contributed by atoms with E-state index in [0.717, 1.165) is 18.1 Å². The fourth-order valence-corrected chi connectivity index (χ4v) is 1.39. The summed E-state index contributed by atoms with van der Waals surface area (Å²) in [6.07, 6.45) is 3.28. The van der Waals surface area contributed by atoms with Crippen LogP contribution in [0.4, 0.5) is 0 Å². The SMILES string of the molecule is C[C-](C)N(O)[C-](C)C.[CH-]=C=[C-]CC(C)(C)N(O)[C-](C)C.[Y].[Y].[Y].[Y]. The third kappa shape index (κ3) is 22.1. The smallest absolute Gasteiger partial charge is 0 e. The average Bonchev–Trinajstić information content (AvgIpc) is 2.34. The van der Waals surface area contributed by atoms with Gasteiger partial charge in [0.1, 0.15) is 0 Å². The van der Waals surface area contributed by atoms with Crippen LogP contribution in [0, 0.1) is 30.8 Å². The minimum atomic E-state index is -0.370. The zero-order valence-electron chi connectivity index (χ0n) is 16.4. The number of hydrogen-bond acceptors (Lipinski definition) is 4. The van der Waals surface area contributed by atoms with Gasteiger partial charge in [0.05, 0.1) is 0 Å². The van der Waals surface area contributed by atoms with Crippen molar-refractivity contribution in [3.63, 3.8) is 0 Å². The van der Waals surface area contributed by atoms with E-state index in [9.17, 15) is 5.21 Å². The van der Waals surface area contributed by atoms with E-state index in [1.165, 1.54) is 10.1 Å². The Balaban J connectivity index is -0.0000000609. The van der Waals surface area contributed by atoms with Gasteiger partial charge in [0.15, 0.2) is 0 Å². The molecular weight excluding hydrogens is 608 g/mol. The molecule has 0 unspecified atom stereocenters. The summed E-state index contributed by atoms with van der Waals surface area (Å²) in [5.74, 6) is 0. The molecule has 2 N–H and O–H groups in total. The van der Waals surface area contributed by atoms with Crippen molar-refractivity contribution in [3.8, 4) is 0 Å². The second-order valence-corrected chi connectivity index (χ2v) is 5.78. The first-order chi connectivity index (χ1) is 8.97. The average molecular weight is 637 g/mol. The third-order valence-corrected chi connectivity index (χ3v) is 2.47. The minimum Gasteiger partial charge on any atom is -0.564 e. The maximum atomic E-state index is 9.57. The molecule has 4 nitrogen and oxygen atoms in total. The quantitative estimate of drug-likeness (QED) is 0.261. The molecule has 0 aliphatic carbocycles. The van der Waals surface area contributed by atoms with Gasteiger partial charge in [-0.2, -0.15) is 48.0 Å². The summed E-state index contributed by atoms with van der Waals surface area (Å²) in [7, 11) is 0. The van der Waals surface area contributed by atoms with Crippen LogP contribution in [0.3, 0.4) is 0 Å². The van der Waals surface area contributed by atoms with Crippen LogP contribution in [-0.4, -0.2) is 26.1 Å². The number of hydroxylamine groups is 4. The molecule has 24 heavy (non-hydrogen) atoms. The van der Waals surface area contributed by atoms with E-state index in [-0.39, 0.29) is 136 Å². The van der Waals surface area contributed by atoms with E-state index in [1.54, 1.807) is 0 Å². The van der Waals surface area contributed by atoms with E-state index in [2.05, 4.69) is 11.8 Å². The van der Waals surface area contributed by atoms with Crippen LogP contribution in [0.25, 0.3) is 0 Å². The molecule has 4 radical (unpaired) electrons. The first-order valence-corrected chi connectivity index (χ1v) is 6.54. The Bertz CT molecular complexity index is 300. The van der Waals surface area contributed by atoms with Crippen LogP contribution in [-0.2, 0) is 131 Å². The van der Waals surface area contributed by atoms with E-state index in [1.807, 2.05) is 55.4 Å². The predicted molar refractivity (Wildman–Crippen MR) is 80.8 cm³/mol. The van der Waals surface area contributed by atoms with Crippen LogP contribution >= 0.6 is 0 Å².